The van der Waals surface area contributed by atoms with E-state index in [1.807, 2.05) is 0 Å². The molecule has 0 spiro atoms. The van der Waals surface area contributed by atoms with Crippen LogP contribution in [0.2, 0.25) is 0 Å². The molecule has 0 atom stereocenters. The van der Waals surface area contributed by atoms with Gasteiger partial charge >= 0.3 is 0 Å². The Morgan fingerprint density at radius 3 is 2.85 bits per heavy atom. The molecular formula is C17H19N5O3S. The standard InChI is InChI=1S/C17H19N5O3S/c1-22-9-14(12-4-5-19-15(12)17(22)23)13-6-11(26(18,24)25)8-21-16(13)20-7-10-2-3-10/h4-6,8-10,19H,2-3,7H2,1H3,(H,20,21)(H2,18,24,25). The average molecular weight is 373 g/mol. The van der Waals surface area contributed by atoms with Crippen LogP contribution < -0.4 is 16.0 Å². The van der Waals surface area contributed by atoms with Gasteiger partial charge in [-0.05, 0) is 30.9 Å². The largest absolute Gasteiger partial charge is 0.369 e. The summed E-state index contributed by atoms with van der Waals surface area (Å²) in [5, 5.41) is 9.29. The lowest BCUT2D eigenvalue weighted by Crippen LogP contribution is -2.17. The van der Waals surface area contributed by atoms with Crippen molar-refractivity contribution in [3.63, 3.8) is 0 Å². The first-order chi connectivity index (χ1) is 12.3. The summed E-state index contributed by atoms with van der Waals surface area (Å²) < 4.78 is 25.0. The van der Waals surface area contributed by atoms with Gasteiger partial charge in [-0.3, -0.25) is 4.79 Å². The normalized spacial score (nSPS) is 14.7. The summed E-state index contributed by atoms with van der Waals surface area (Å²) in [6, 6.07) is 3.30. The van der Waals surface area contributed by atoms with Crippen molar-refractivity contribution in [2.24, 2.45) is 18.1 Å². The van der Waals surface area contributed by atoms with Crippen molar-refractivity contribution in [1.29, 1.82) is 0 Å². The molecule has 1 aliphatic rings. The summed E-state index contributed by atoms with van der Waals surface area (Å²) in [6.07, 6.45) is 6.98. The molecule has 0 saturated heterocycles. The van der Waals surface area contributed by atoms with Gasteiger partial charge in [0.1, 0.15) is 16.2 Å². The van der Waals surface area contributed by atoms with E-state index in [9.17, 15) is 13.2 Å². The van der Waals surface area contributed by atoms with E-state index >= 15 is 0 Å². The molecule has 26 heavy (non-hydrogen) atoms. The van der Waals surface area contributed by atoms with Crippen molar-refractivity contribution in [1.82, 2.24) is 14.5 Å². The Hall–Kier alpha value is -2.65. The molecule has 4 rings (SSSR count). The molecular weight excluding hydrogens is 354 g/mol. The molecule has 1 fully saturated rings. The van der Waals surface area contributed by atoms with Gasteiger partial charge in [-0.1, -0.05) is 0 Å². The maximum atomic E-state index is 12.3. The number of aromatic amines is 1. The topological polar surface area (TPSA) is 123 Å². The number of nitrogens with zero attached hydrogens (tertiary/aromatic N) is 2. The van der Waals surface area contributed by atoms with Crippen LogP contribution in [0.15, 0.2) is 40.4 Å². The molecule has 1 saturated carbocycles. The molecule has 3 heterocycles. The van der Waals surface area contributed by atoms with Crippen molar-refractivity contribution >= 4 is 26.7 Å². The second-order valence-corrected chi connectivity index (χ2v) is 8.22. The van der Waals surface area contributed by atoms with Crippen LogP contribution in [0.1, 0.15) is 12.8 Å². The summed E-state index contributed by atoms with van der Waals surface area (Å²) >= 11 is 0. The van der Waals surface area contributed by atoms with Gasteiger partial charge in [-0.2, -0.15) is 0 Å². The van der Waals surface area contributed by atoms with Crippen molar-refractivity contribution in [3.05, 3.63) is 41.1 Å². The fraction of sp³-hybridized carbons (Fsp3) is 0.294. The van der Waals surface area contributed by atoms with E-state index in [0.29, 0.717) is 33.8 Å². The highest BCUT2D eigenvalue weighted by Gasteiger charge is 2.23. The third-order valence-electron chi connectivity index (χ3n) is 4.63. The summed E-state index contributed by atoms with van der Waals surface area (Å²) in [5.41, 5.74) is 1.60. The Morgan fingerprint density at radius 2 is 2.15 bits per heavy atom. The number of H-pyrrole nitrogens is 1. The first-order valence-electron chi connectivity index (χ1n) is 8.28. The lowest BCUT2D eigenvalue weighted by atomic mass is 10.0. The SMILES string of the molecule is Cn1cc(-c2cc(S(N)(=O)=O)cnc2NCC2CC2)c2cc[nH]c2c1=O. The summed E-state index contributed by atoms with van der Waals surface area (Å²) in [7, 11) is -2.24. The number of sulfonamides is 1. The maximum absolute atomic E-state index is 12.3. The van der Waals surface area contributed by atoms with Crippen LogP contribution in [0.3, 0.4) is 0 Å². The van der Waals surface area contributed by atoms with Crippen LogP contribution in [0.4, 0.5) is 5.82 Å². The van der Waals surface area contributed by atoms with Gasteiger partial charge in [0, 0.05) is 48.7 Å². The Bertz CT molecular complexity index is 1160. The second kappa shape index (κ2) is 5.96. The first kappa shape index (κ1) is 16.8. The van der Waals surface area contributed by atoms with Crippen LogP contribution in [-0.2, 0) is 17.1 Å². The molecule has 1 aliphatic carbocycles. The van der Waals surface area contributed by atoms with Gasteiger partial charge in [0.25, 0.3) is 5.56 Å². The number of rotatable bonds is 5. The Kier molecular flexibility index (Phi) is 3.85. The van der Waals surface area contributed by atoms with Crippen LogP contribution >= 0.6 is 0 Å². The van der Waals surface area contributed by atoms with Crippen molar-refractivity contribution in [2.45, 2.75) is 17.7 Å². The number of hydrogen-bond acceptors (Lipinski definition) is 5. The summed E-state index contributed by atoms with van der Waals surface area (Å²) in [5.74, 6) is 1.19. The molecule has 0 unspecified atom stereocenters. The molecule has 9 heteroatoms. The van der Waals surface area contributed by atoms with Gasteiger partial charge in [0.2, 0.25) is 10.0 Å². The van der Waals surface area contributed by atoms with Gasteiger partial charge in [0.15, 0.2) is 0 Å². The maximum Gasteiger partial charge on any atom is 0.274 e. The highest BCUT2D eigenvalue weighted by Crippen LogP contribution is 2.34. The van der Waals surface area contributed by atoms with Crippen molar-refractivity contribution in [2.75, 3.05) is 11.9 Å². The van der Waals surface area contributed by atoms with Gasteiger partial charge in [-0.25, -0.2) is 18.5 Å². The highest BCUT2D eigenvalue weighted by molar-refractivity contribution is 7.89. The Morgan fingerprint density at radius 1 is 1.38 bits per heavy atom. The minimum atomic E-state index is -3.89. The number of fused-ring (bicyclic) bond motifs is 1. The molecule has 0 aliphatic heterocycles. The van der Waals surface area contributed by atoms with E-state index in [0.717, 1.165) is 6.54 Å². The van der Waals surface area contributed by atoms with Gasteiger partial charge in [0.05, 0.1) is 0 Å². The molecule has 0 bridgehead atoms. The van der Waals surface area contributed by atoms with E-state index in [4.69, 9.17) is 5.14 Å². The molecule has 3 aromatic rings. The van der Waals surface area contributed by atoms with Crippen molar-refractivity contribution < 1.29 is 8.42 Å². The zero-order valence-corrected chi connectivity index (χ0v) is 15.0. The summed E-state index contributed by atoms with van der Waals surface area (Å²) in [4.78, 5) is 19.5. The average Bonchev–Trinajstić information content (AvgIpc) is 3.29. The van der Waals surface area contributed by atoms with Crippen LogP contribution in [0, 0.1) is 5.92 Å². The molecule has 3 aromatic heterocycles. The third kappa shape index (κ3) is 2.99. The lowest BCUT2D eigenvalue weighted by Gasteiger charge is -2.14. The minimum Gasteiger partial charge on any atom is -0.369 e. The zero-order valence-electron chi connectivity index (χ0n) is 14.2. The summed E-state index contributed by atoms with van der Waals surface area (Å²) in [6.45, 7) is 0.775. The molecule has 0 aromatic carbocycles. The zero-order chi connectivity index (χ0) is 18.5. The monoisotopic (exact) mass is 373 g/mol. The molecule has 8 nitrogen and oxygen atoms in total. The third-order valence-corrected chi connectivity index (χ3v) is 5.51. The van der Waals surface area contributed by atoms with Crippen LogP contribution in [-0.4, -0.2) is 29.5 Å². The second-order valence-electron chi connectivity index (χ2n) is 6.66. The van der Waals surface area contributed by atoms with E-state index in [1.165, 1.54) is 29.7 Å². The number of anilines is 1. The first-order valence-corrected chi connectivity index (χ1v) is 9.83. The number of nitrogens with two attached hydrogens (primary N) is 1. The fourth-order valence-corrected chi connectivity index (χ4v) is 3.48. The van der Waals surface area contributed by atoms with Gasteiger partial charge < -0.3 is 14.9 Å². The van der Waals surface area contributed by atoms with Crippen LogP contribution in [0.25, 0.3) is 22.0 Å². The molecule has 136 valence electrons. The lowest BCUT2D eigenvalue weighted by molar-refractivity contribution is 0.597. The number of hydrogen-bond donors (Lipinski definition) is 3. The van der Waals surface area contributed by atoms with E-state index < -0.39 is 10.0 Å². The number of aromatic nitrogens is 3. The predicted octanol–water partition coefficient (Wildman–Crippen LogP) is 1.40. The number of nitrogens with one attached hydrogen (secondary N) is 2. The highest BCUT2D eigenvalue weighted by atomic mass is 32.2. The van der Waals surface area contributed by atoms with Gasteiger partial charge in [-0.15, -0.1) is 0 Å². The Balaban J connectivity index is 1.94. The number of aryl methyl sites for hydroxylation is 1. The minimum absolute atomic E-state index is 0.0676. The van der Waals surface area contributed by atoms with E-state index in [2.05, 4.69) is 15.3 Å². The smallest absolute Gasteiger partial charge is 0.274 e. The number of pyridine rings is 2. The fourth-order valence-electron chi connectivity index (χ4n) is 2.99. The van der Waals surface area contributed by atoms with E-state index in [1.54, 1.807) is 25.5 Å². The molecule has 4 N–H and O–H groups in total. The van der Waals surface area contributed by atoms with E-state index in [-0.39, 0.29) is 10.5 Å². The Labute approximate surface area is 150 Å². The molecule has 0 radical (unpaired) electrons. The van der Waals surface area contributed by atoms with Crippen molar-refractivity contribution in [3.8, 4) is 11.1 Å². The quantitative estimate of drug-likeness (QED) is 0.624. The molecule has 0 amide bonds. The predicted molar refractivity (Wildman–Crippen MR) is 99.4 cm³/mol. The van der Waals surface area contributed by atoms with Crippen LogP contribution in [0.5, 0.6) is 0 Å². The number of primary sulfonamides is 1.